The molecule has 0 saturated heterocycles. The van der Waals surface area contributed by atoms with E-state index in [1.54, 1.807) is 60.7 Å². The molecule has 0 aromatic heterocycles. The molecule has 0 fully saturated rings. The van der Waals surface area contributed by atoms with Crippen molar-refractivity contribution in [2.75, 3.05) is 14.2 Å². The fraction of sp³-hybridized carbons (Fsp3) is 0.130. The molecule has 0 aliphatic rings. The maximum absolute atomic E-state index is 13.1. The van der Waals surface area contributed by atoms with Crippen molar-refractivity contribution in [3.8, 4) is 11.5 Å². The fourth-order valence-electron chi connectivity index (χ4n) is 3.08. The fourth-order valence-corrected chi connectivity index (χ4v) is 3.54. The Morgan fingerprint density at radius 2 is 1.57 bits per heavy atom. The highest BCUT2D eigenvalue weighted by atomic mass is 79.9. The standard InChI is InChI=1S/C23H21BrN2O4/c1-29-20-14-19(24)13-16(21(20)30-2)15-25-26-22(27)23(28,17-9-5-3-6-10-17)18-11-7-4-8-12-18/h3-15,28H,1-2H3,(H,26,27)/b25-15-. The summed E-state index contributed by atoms with van der Waals surface area (Å²) in [7, 11) is 3.05. The first kappa shape index (κ1) is 21.5. The molecule has 6 nitrogen and oxygen atoms in total. The lowest BCUT2D eigenvalue weighted by Crippen LogP contribution is -2.43. The summed E-state index contributed by atoms with van der Waals surface area (Å²) in [5, 5.41) is 15.5. The Morgan fingerprint density at radius 3 is 2.07 bits per heavy atom. The number of hydrogen-bond donors (Lipinski definition) is 2. The van der Waals surface area contributed by atoms with Crippen molar-refractivity contribution in [3.05, 3.63) is 94.0 Å². The molecule has 0 bridgehead atoms. The number of methoxy groups -OCH3 is 2. The zero-order valence-corrected chi connectivity index (χ0v) is 18.1. The molecule has 0 atom stereocenters. The lowest BCUT2D eigenvalue weighted by Gasteiger charge is -2.27. The van der Waals surface area contributed by atoms with Gasteiger partial charge in [-0.1, -0.05) is 76.6 Å². The van der Waals surface area contributed by atoms with E-state index < -0.39 is 11.5 Å². The number of hydrazone groups is 1. The Balaban J connectivity index is 1.92. The van der Waals surface area contributed by atoms with E-state index in [1.807, 2.05) is 12.1 Å². The smallest absolute Gasteiger partial charge is 0.281 e. The maximum atomic E-state index is 13.1. The van der Waals surface area contributed by atoms with E-state index in [2.05, 4.69) is 26.5 Å². The first-order valence-corrected chi connectivity index (χ1v) is 9.88. The largest absolute Gasteiger partial charge is 0.493 e. The summed E-state index contributed by atoms with van der Waals surface area (Å²) in [6.07, 6.45) is 1.43. The number of ether oxygens (including phenoxy) is 2. The van der Waals surface area contributed by atoms with Crippen molar-refractivity contribution in [3.63, 3.8) is 0 Å². The van der Waals surface area contributed by atoms with Gasteiger partial charge < -0.3 is 14.6 Å². The van der Waals surface area contributed by atoms with Crippen LogP contribution in [0.5, 0.6) is 11.5 Å². The third-order valence-corrected chi connectivity index (χ3v) is 5.01. The van der Waals surface area contributed by atoms with Crippen LogP contribution in [-0.4, -0.2) is 31.4 Å². The van der Waals surface area contributed by atoms with Crippen LogP contribution in [0.4, 0.5) is 0 Å². The second-order valence-electron chi connectivity index (χ2n) is 6.37. The van der Waals surface area contributed by atoms with Crippen LogP contribution in [0, 0.1) is 0 Å². The average Bonchev–Trinajstić information content (AvgIpc) is 2.79. The number of carbonyl (C=O) groups is 1. The molecule has 154 valence electrons. The number of carbonyl (C=O) groups excluding carboxylic acids is 1. The van der Waals surface area contributed by atoms with Gasteiger partial charge >= 0.3 is 0 Å². The van der Waals surface area contributed by atoms with Crippen molar-refractivity contribution in [1.82, 2.24) is 5.43 Å². The summed E-state index contributed by atoms with van der Waals surface area (Å²) in [6.45, 7) is 0. The molecule has 3 aromatic carbocycles. The zero-order chi connectivity index (χ0) is 21.6. The van der Waals surface area contributed by atoms with Crippen LogP contribution in [0.25, 0.3) is 0 Å². The molecule has 0 aliphatic carbocycles. The van der Waals surface area contributed by atoms with E-state index in [1.165, 1.54) is 20.4 Å². The predicted octanol–water partition coefficient (Wildman–Crippen LogP) is 3.85. The monoisotopic (exact) mass is 468 g/mol. The van der Waals surface area contributed by atoms with Gasteiger partial charge in [0.15, 0.2) is 17.1 Å². The van der Waals surface area contributed by atoms with Crippen LogP contribution in [0.3, 0.4) is 0 Å². The lowest BCUT2D eigenvalue weighted by atomic mass is 9.85. The molecule has 0 aliphatic heterocycles. The Kier molecular flexibility index (Phi) is 6.87. The quantitative estimate of drug-likeness (QED) is 0.407. The number of benzene rings is 3. The van der Waals surface area contributed by atoms with Gasteiger partial charge in [-0.2, -0.15) is 5.10 Å². The van der Waals surface area contributed by atoms with Crippen LogP contribution >= 0.6 is 15.9 Å². The highest BCUT2D eigenvalue weighted by molar-refractivity contribution is 9.10. The Hall–Kier alpha value is -3.16. The first-order valence-electron chi connectivity index (χ1n) is 9.09. The van der Waals surface area contributed by atoms with Crippen LogP contribution < -0.4 is 14.9 Å². The van der Waals surface area contributed by atoms with Gasteiger partial charge in [0.2, 0.25) is 0 Å². The normalized spacial score (nSPS) is 11.3. The number of nitrogens with one attached hydrogen (secondary N) is 1. The van der Waals surface area contributed by atoms with Gasteiger partial charge in [0.05, 0.1) is 20.4 Å². The van der Waals surface area contributed by atoms with E-state index >= 15 is 0 Å². The molecule has 3 rings (SSSR count). The highest BCUT2D eigenvalue weighted by Crippen LogP contribution is 2.34. The molecule has 7 heteroatoms. The molecular formula is C23H21BrN2O4. The maximum Gasteiger partial charge on any atom is 0.281 e. The molecular weight excluding hydrogens is 448 g/mol. The van der Waals surface area contributed by atoms with E-state index in [-0.39, 0.29) is 0 Å². The lowest BCUT2D eigenvalue weighted by molar-refractivity contribution is -0.136. The van der Waals surface area contributed by atoms with Crippen molar-refractivity contribution >= 4 is 28.1 Å². The van der Waals surface area contributed by atoms with Gasteiger partial charge in [0.1, 0.15) is 0 Å². The van der Waals surface area contributed by atoms with E-state index in [0.29, 0.717) is 28.2 Å². The summed E-state index contributed by atoms with van der Waals surface area (Å²) in [5.74, 6) is 0.307. The van der Waals surface area contributed by atoms with Crippen molar-refractivity contribution < 1.29 is 19.4 Å². The molecule has 3 aromatic rings. The van der Waals surface area contributed by atoms with Gasteiger partial charge in [0.25, 0.3) is 5.91 Å². The van der Waals surface area contributed by atoms with Gasteiger partial charge in [-0.3, -0.25) is 4.79 Å². The van der Waals surface area contributed by atoms with E-state index in [4.69, 9.17) is 9.47 Å². The van der Waals surface area contributed by atoms with Crippen LogP contribution in [-0.2, 0) is 10.4 Å². The minimum absolute atomic E-state index is 0.436. The van der Waals surface area contributed by atoms with E-state index in [0.717, 1.165) is 4.47 Å². The van der Waals surface area contributed by atoms with E-state index in [9.17, 15) is 9.90 Å². The molecule has 0 heterocycles. The molecule has 0 spiro atoms. The summed E-state index contributed by atoms with van der Waals surface area (Å²) in [6, 6.07) is 21.0. The Labute approximate surface area is 183 Å². The second kappa shape index (κ2) is 9.56. The second-order valence-corrected chi connectivity index (χ2v) is 7.29. The minimum atomic E-state index is -1.90. The molecule has 30 heavy (non-hydrogen) atoms. The third-order valence-electron chi connectivity index (χ3n) is 4.55. The molecule has 2 N–H and O–H groups in total. The van der Waals surface area contributed by atoms with Crippen molar-refractivity contribution in [2.24, 2.45) is 5.10 Å². The van der Waals surface area contributed by atoms with Gasteiger partial charge in [-0.05, 0) is 23.3 Å². The Bertz CT molecular complexity index is 1000. The predicted molar refractivity (Wildman–Crippen MR) is 119 cm³/mol. The molecule has 0 unspecified atom stereocenters. The topological polar surface area (TPSA) is 80.2 Å². The number of halogens is 1. The first-order chi connectivity index (χ1) is 14.5. The summed E-state index contributed by atoms with van der Waals surface area (Å²) in [4.78, 5) is 13.1. The van der Waals surface area contributed by atoms with Gasteiger partial charge in [-0.25, -0.2) is 5.43 Å². The van der Waals surface area contributed by atoms with Gasteiger partial charge in [0, 0.05) is 10.0 Å². The zero-order valence-electron chi connectivity index (χ0n) is 16.5. The highest BCUT2D eigenvalue weighted by Gasteiger charge is 2.39. The number of aliphatic hydroxyl groups is 1. The van der Waals surface area contributed by atoms with Crippen molar-refractivity contribution in [1.29, 1.82) is 0 Å². The number of rotatable bonds is 7. The van der Waals surface area contributed by atoms with Crippen LogP contribution in [0.2, 0.25) is 0 Å². The average molecular weight is 469 g/mol. The van der Waals surface area contributed by atoms with Gasteiger partial charge in [-0.15, -0.1) is 0 Å². The van der Waals surface area contributed by atoms with Crippen molar-refractivity contribution in [2.45, 2.75) is 5.60 Å². The molecule has 0 radical (unpaired) electrons. The third kappa shape index (κ3) is 4.37. The summed E-state index contributed by atoms with van der Waals surface area (Å²) < 4.78 is 11.5. The summed E-state index contributed by atoms with van der Waals surface area (Å²) >= 11 is 3.41. The minimum Gasteiger partial charge on any atom is -0.493 e. The van der Waals surface area contributed by atoms with Crippen LogP contribution in [0.1, 0.15) is 16.7 Å². The van der Waals surface area contributed by atoms with Crippen LogP contribution in [0.15, 0.2) is 82.4 Å². The number of nitrogens with zero attached hydrogens (tertiary/aromatic N) is 1. The number of hydrogen-bond acceptors (Lipinski definition) is 5. The molecule has 0 saturated carbocycles. The number of amides is 1. The Morgan fingerprint density at radius 1 is 1.00 bits per heavy atom. The SMILES string of the molecule is COc1cc(Br)cc(/C=N\NC(=O)C(O)(c2ccccc2)c2ccccc2)c1OC. The molecule has 1 amide bonds. The summed E-state index contributed by atoms with van der Waals surface area (Å²) in [5.41, 5.74) is 2.00.